The SMILES string of the molecule is CCc1cc(-c2ccccc2)ncc1-c1ccccc1-c1cc(-c2ccccc2-c2cnc(-c3ccccc3)cc2CC)cc(-c2ccccc2-c2cnc(-c3ccccc3)cc2CC)c1. The Morgan fingerprint density at radius 2 is 0.485 bits per heavy atom. The lowest BCUT2D eigenvalue weighted by molar-refractivity contribution is 1.12. The van der Waals surface area contributed by atoms with Crippen molar-refractivity contribution in [2.24, 2.45) is 0 Å². The molecule has 66 heavy (non-hydrogen) atoms. The van der Waals surface area contributed by atoms with Crippen molar-refractivity contribution in [2.75, 3.05) is 0 Å². The van der Waals surface area contributed by atoms with E-state index in [-0.39, 0.29) is 0 Å². The van der Waals surface area contributed by atoms with Gasteiger partial charge in [-0.15, -0.1) is 0 Å². The van der Waals surface area contributed by atoms with Crippen LogP contribution in [0.25, 0.3) is 101 Å². The minimum Gasteiger partial charge on any atom is -0.256 e. The molecule has 0 amide bonds. The van der Waals surface area contributed by atoms with Crippen molar-refractivity contribution in [1.82, 2.24) is 15.0 Å². The van der Waals surface area contributed by atoms with Crippen LogP contribution >= 0.6 is 0 Å². The monoisotopic (exact) mass is 849 g/mol. The van der Waals surface area contributed by atoms with Gasteiger partial charge in [-0.05, 0) is 122 Å². The third-order valence-corrected chi connectivity index (χ3v) is 12.8. The van der Waals surface area contributed by atoms with Gasteiger partial charge in [-0.25, -0.2) is 0 Å². The first-order chi connectivity index (χ1) is 32.6. The highest BCUT2D eigenvalue weighted by Crippen LogP contribution is 2.44. The lowest BCUT2D eigenvalue weighted by Crippen LogP contribution is -1.97. The predicted octanol–water partition coefficient (Wildman–Crippen LogP) is 16.6. The zero-order valence-corrected chi connectivity index (χ0v) is 37.7. The summed E-state index contributed by atoms with van der Waals surface area (Å²) in [5.41, 5.74) is 23.9. The van der Waals surface area contributed by atoms with Gasteiger partial charge in [-0.2, -0.15) is 0 Å². The molecule has 10 rings (SSSR count). The Morgan fingerprint density at radius 3 is 0.742 bits per heavy atom. The molecule has 0 atom stereocenters. The van der Waals surface area contributed by atoms with E-state index in [1.54, 1.807) is 0 Å². The molecule has 0 saturated heterocycles. The number of aromatic nitrogens is 3. The lowest BCUT2D eigenvalue weighted by Gasteiger charge is -2.20. The molecule has 0 radical (unpaired) electrons. The van der Waals surface area contributed by atoms with Gasteiger partial charge >= 0.3 is 0 Å². The summed E-state index contributed by atoms with van der Waals surface area (Å²) in [4.78, 5) is 15.2. The summed E-state index contributed by atoms with van der Waals surface area (Å²) in [5.74, 6) is 0. The number of rotatable bonds is 12. The maximum absolute atomic E-state index is 5.06. The number of aryl methyl sites for hydroxylation is 3. The van der Waals surface area contributed by atoms with Gasteiger partial charge in [0.05, 0.1) is 17.1 Å². The maximum atomic E-state index is 5.06. The molecule has 0 aliphatic carbocycles. The molecule has 0 bridgehead atoms. The molecular weight excluding hydrogens is 799 g/mol. The highest BCUT2D eigenvalue weighted by Gasteiger charge is 2.20. The summed E-state index contributed by atoms with van der Waals surface area (Å²) in [6.45, 7) is 6.71. The zero-order chi connectivity index (χ0) is 44.8. The van der Waals surface area contributed by atoms with Crippen molar-refractivity contribution in [2.45, 2.75) is 40.0 Å². The standard InChI is InChI=1S/C63H51N3/c1-4-43-37-61(46-22-10-7-11-23-46)64-40-58(43)55-31-19-16-28-52(55)49-34-50(53-29-17-20-32-56(53)59-41-65-62(38-44(59)5-2)47-24-12-8-13-25-47)36-51(35-49)54-30-18-21-33-57(54)60-42-66-63(39-45(60)6-3)48-26-14-9-15-27-48/h7-42H,4-6H2,1-3H3. The fourth-order valence-electron chi connectivity index (χ4n) is 9.40. The third-order valence-electron chi connectivity index (χ3n) is 12.8. The highest BCUT2D eigenvalue weighted by molar-refractivity contribution is 5.95. The van der Waals surface area contributed by atoms with Crippen LogP contribution in [-0.4, -0.2) is 15.0 Å². The van der Waals surface area contributed by atoms with Crippen LogP contribution in [0, 0.1) is 0 Å². The molecule has 3 heterocycles. The van der Waals surface area contributed by atoms with Gasteiger partial charge in [0, 0.05) is 52.0 Å². The van der Waals surface area contributed by atoms with Crippen molar-refractivity contribution in [3.63, 3.8) is 0 Å². The Balaban J connectivity index is 1.17. The van der Waals surface area contributed by atoms with Crippen LogP contribution in [-0.2, 0) is 19.3 Å². The van der Waals surface area contributed by atoms with Gasteiger partial charge < -0.3 is 0 Å². The smallest absolute Gasteiger partial charge is 0.0705 e. The number of benzene rings is 7. The van der Waals surface area contributed by atoms with Gasteiger partial charge in [0.1, 0.15) is 0 Å². The fraction of sp³-hybridized carbons (Fsp3) is 0.0952. The first kappa shape index (κ1) is 42.0. The van der Waals surface area contributed by atoms with Crippen LogP contribution in [0.4, 0.5) is 0 Å². The Hall–Kier alpha value is -8.01. The molecule has 0 spiro atoms. The molecule has 10 aromatic rings. The fourth-order valence-corrected chi connectivity index (χ4v) is 9.40. The van der Waals surface area contributed by atoms with Crippen molar-refractivity contribution in [3.05, 3.63) is 235 Å². The van der Waals surface area contributed by atoms with E-state index < -0.39 is 0 Å². The normalized spacial score (nSPS) is 11.1. The summed E-state index contributed by atoms with van der Waals surface area (Å²) in [5, 5.41) is 0. The van der Waals surface area contributed by atoms with E-state index in [1.807, 2.05) is 0 Å². The van der Waals surface area contributed by atoms with E-state index in [0.29, 0.717) is 0 Å². The van der Waals surface area contributed by atoms with Gasteiger partial charge in [0.15, 0.2) is 0 Å². The molecular formula is C63H51N3. The summed E-state index contributed by atoms with van der Waals surface area (Å²) in [6, 6.07) is 71.8. The summed E-state index contributed by atoms with van der Waals surface area (Å²) in [6.07, 6.45) is 8.87. The van der Waals surface area contributed by atoms with E-state index in [4.69, 9.17) is 15.0 Å². The molecule has 0 saturated carbocycles. The summed E-state index contributed by atoms with van der Waals surface area (Å²) in [7, 11) is 0. The van der Waals surface area contributed by atoms with Crippen LogP contribution in [0.2, 0.25) is 0 Å². The number of hydrogen-bond donors (Lipinski definition) is 0. The van der Waals surface area contributed by atoms with Gasteiger partial charge in [-0.1, -0.05) is 185 Å². The van der Waals surface area contributed by atoms with Crippen molar-refractivity contribution < 1.29 is 0 Å². The molecule has 0 unspecified atom stereocenters. The van der Waals surface area contributed by atoms with Crippen LogP contribution in [0.1, 0.15) is 37.5 Å². The Labute approximate surface area is 389 Å². The topological polar surface area (TPSA) is 38.7 Å². The van der Waals surface area contributed by atoms with Crippen LogP contribution in [0.5, 0.6) is 0 Å². The van der Waals surface area contributed by atoms with E-state index in [2.05, 4.69) is 240 Å². The number of pyridine rings is 3. The van der Waals surface area contributed by atoms with Crippen molar-refractivity contribution in [3.8, 4) is 101 Å². The highest BCUT2D eigenvalue weighted by atomic mass is 14.7. The number of hydrogen-bond acceptors (Lipinski definition) is 3. The average molecular weight is 850 g/mol. The molecule has 0 N–H and O–H groups in total. The second-order valence-corrected chi connectivity index (χ2v) is 16.8. The van der Waals surface area contributed by atoms with E-state index in [1.165, 1.54) is 16.7 Å². The largest absolute Gasteiger partial charge is 0.256 e. The minimum absolute atomic E-state index is 0.881. The zero-order valence-electron chi connectivity index (χ0n) is 37.7. The van der Waals surface area contributed by atoms with Gasteiger partial charge in [0.2, 0.25) is 0 Å². The summed E-state index contributed by atoms with van der Waals surface area (Å²) < 4.78 is 0. The van der Waals surface area contributed by atoms with Crippen molar-refractivity contribution in [1.29, 1.82) is 0 Å². The third kappa shape index (κ3) is 8.40. The minimum atomic E-state index is 0.881. The molecule has 3 nitrogen and oxygen atoms in total. The van der Waals surface area contributed by atoms with Gasteiger partial charge in [0.25, 0.3) is 0 Å². The molecule has 318 valence electrons. The van der Waals surface area contributed by atoms with E-state index in [0.717, 1.165) is 120 Å². The lowest BCUT2D eigenvalue weighted by atomic mass is 9.85. The number of nitrogens with zero attached hydrogens (tertiary/aromatic N) is 3. The second-order valence-electron chi connectivity index (χ2n) is 16.8. The molecule has 0 aliphatic rings. The average Bonchev–Trinajstić information content (AvgIpc) is 3.41. The molecule has 3 aromatic heterocycles. The first-order valence-corrected chi connectivity index (χ1v) is 23.2. The molecule has 0 aliphatic heterocycles. The Morgan fingerprint density at radius 1 is 0.242 bits per heavy atom. The molecule has 7 aromatic carbocycles. The predicted molar refractivity (Wildman–Crippen MR) is 277 cm³/mol. The summed E-state index contributed by atoms with van der Waals surface area (Å²) >= 11 is 0. The quantitative estimate of drug-likeness (QED) is 0.123. The first-order valence-electron chi connectivity index (χ1n) is 23.2. The molecule has 0 fully saturated rings. The second kappa shape index (κ2) is 19.0. The van der Waals surface area contributed by atoms with Crippen LogP contribution in [0.15, 0.2) is 219 Å². The van der Waals surface area contributed by atoms with Crippen molar-refractivity contribution >= 4 is 0 Å². The Kier molecular flexibility index (Phi) is 12.1. The Bertz CT molecular complexity index is 2930. The molecule has 3 heteroatoms. The van der Waals surface area contributed by atoms with E-state index in [9.17, 15) is 0 Å². The van der Waals surface area contributed by atoms with Gasteiger partial charge in [-0.3, -0.25) is 15.0 Å². The van der Waals surface area contributed by atoms with E-state index >= 15 is 0 Å². The van der Waals surface area contributed by atoms with Crippen LogP contribution in [0.3, 0.4) is 0 Å². The maximum Gasteiger partial charge on any atom is 0.0705 e. The van der Waals surface area contributed by atoms with Crippen LogP contribution < -0.4 is 0 Å².